The summed E-state index contributed by atoms with van der Waals surface area (Å²) in [7, 11) is 2.21. The lowest BCUT2D eigenvalue weighted by Crippen LogP contribution is -2.41. The number of likely N-dealkylation sites (tertiary alicyclic amines) is 1. The number of thiophene rings is 1. The maximum atomic E-state index is 12.4. The van der Waals surface area contributed by atoms with E-state index in [1.54, 1.807) is 0 Å². The molecular weight excluding hydrogens is 282 g/mol. The molecule has 1 saturated heterocycles. The van der Waals surface area contributed by atoms with Crippen LogP contribution in [0.1, 0.15) is 42.3 Å². The first-order chi connectivity index (χ1) is 10.1. The molecule has 0 radical (unpaired) electrons. The number of nitrogens with two attached hydrogens (primary N) is 1. The van der Waals surface area contributed by atoms with Crippen LogP contribution < -0.4 is 5.73 Å². The minimum Gasteiger partial charge on any atom is -0.397 e. The molecule has 1 amide bonds. The summed E-state index contributed by atoms with van der Waals surface area (Å²) in [6.07, 6.45) is 4.73. The van der Waals surface area contributed by atoms with Crippen molar-refractivity contribution in [2.75, 3.05) is 39.0 Å². The van der Waals surface area contributed by atoms with Crippen molar-refractivity contribution in [1.29, 1.82) is 0 Å². The molecule has 1 aromatic rings. The van der Waals surface area contributed by atoms with Gasteiger partial charge >= 0.3 is 0 Å². The highest BCUT2D eigenvalue weighted by Crippen LogP contribution is 2.24. The second kappa shape index (κ2) is 7.80. The average Bonchev–Trinajstić information content (AvgIpc) is 2.91. The van der Waals surface area contributed by atoms with Crippen molar-refractivity contribution in [2.45, 2.75) is 32.6 Å². The fourth-order valence-corrected chi connectivity index (χ4v) is 3.70. The Hall–Kier alpha value is -1.07. The maximum Gasteiger partial charge on any atom is 0.266 e. The number of rotatable bonds is 6. The van der Waals surface area contributed by atoms with Crippen LogP contribution in [0.2, 0.25) is 0 Å². The molecule has 0 unspecified atom stereocenters. The Morgan fingerprint density at radius 1 is 1.48 bits per heavy atom. The molecule has 2 N–H and O–H groups in total. The molecule has 2 heterocycles. The molecule has 0 aromatic carbocycles. The number of anilines is 1. The Kier molecular flexibility index (Phi) is 6.06. The molecule has 0 spiro atoms. The molecule has 4 nitrogen and oxygen atoms in total. The monoisotopic (exact) mass is 309 g/mol. The van der Waals surface area contributed by atoms with Crippen LogP contribution in [-0.4, -0.2) is 48.9 Å². The van der Waals surface area contributed by atoms with Gasteiger partial charge in [-0.05, 0) is 50.2 Å². The second-order valence-corrected chi connectivity index (χ2v) is 6.97. The first-order valence-corrected chi connectivity index (χ1v) is 8.80. The molecule has 118 valence electrons. The number of nitrogen functional groups attached to an aromatic ring is 1. The number of unbranched alkanes of at least 4 members (excludes halogenated alkanes) is 1. The van der Waals surface area contributed by atoms with E-state index in [0.717, 1.165) is 38.4 Å². The zero-order chi connectivity index (χ0) is 15.2. The van der Waals surface area contributed by atoms with E-state index < -0.39 is 0 Å². The number of amides is 1. The van der Waals surface area contributed by atoms with Crippen molar-refractivity contribution in [3.63, 3.8) is 0 Å². The minimum atomic E-state index is 0.111. The molecule has 1 aliphatic rings. The molecule has 0 saturated carbocycles. The average molecular weight is 309 g/mol. The van der Waals surface area contributed by atoms with Crippen LogP contribution >= 0.6 is 11.3 Å². The third-order valence-corrected chi connectivity index (χ3v) is 5.17. The van der Waals surface area contributed by atoms with Gasteiger partial charge in [0, 0.05) is 19.6 Å². The predicted octanol–water partition coefficient (Wildman–Crippen LogP) is 2.91. The van der Waals surface area contributed by atoms with Crippen molar-refractivity contribution in [3.8, 4) is 0 Å². The van der Waals surface area contributed by atoms with Crippen LogP contribution in [0.4, 0.5) is 5.69 Å². The summed E-state index contributed by atoms with van der Waals surface area (Å²) in [4.78, 5) is 17.5. The molecular formula is C16H27N3OS. The van der Waals surface area contributed by atoms with Crippen LogP contribution in [0.25, 0.3) is 0 Å². The Morgan fingerprint density at radius 2 is 2.19 bits per heavy atom. The maximum absolute atomic E-state index is 12.4. The number of carbonyl (C=O) groups excluding carboxylic acids is 1. The molecule has 0 bridgehead atoms. The van der Waals surface area contributed by atoms with Gasteiger partial charge in [-0.25, -0.2) is 0 Å². The Balaban J connectivity index is 1.78. The Bertz CT molecular complexity index is 452. The summed E-state index contributed by atoms with van der Waals surface area (Å²) in [6, 6.07) is 1.81. The molecule has 0 atom stereocenters. The van der Waals surface area contributed by atoms with Crippen molar-refractivity contribution in [1.82, 2.24) is 9.80 Å². The highest BCUT2D eigenvalue weighted by molar-refractivity contribution is 7.12. The van der Waals surface area contributed by atoms with Crippen LogP contribution in [0.15, 0.2) is 11.4 Å². The molecule has 1 fully saturated rings. The Morgan fingerprint density at radius 3 is 2.76 bits per heavy atom. The van der Waals surface area contributed by atoms with Crippen molar-refractivity contribution in [3.05, 3.63) is 16.3 Å². The van der Waals surface area contributed by atoms with E-state index >= 15 is 0 Å². The van der Waals surface area contributed by atoms with Gasteiger partial charge in [0.05, 0.1) is 5.69 Å². The zero-order valence-electron chi connectivity index (χ0n) is 13.2. The number of carbonyl (C=O) groups is 1. The molecule has 5 heteroatoms. The third kappa shape index (κ3) is 4.45. The van der Waals surface area contributed by atoms with Crippen LogP contribution in [-0.2, 0) is 0 Å². The summed E-state index contributed by atoms with van der Waals surface area (Å²) >= 11 is 1.45. The number of hydrogen-bond acceptors (Lipinski definition) is 4. The number of hydrogen-bond donors (Lipinski definition) is 1. The summed E-state index contributed by atoms with van der Waals surface area (Å²) in [6.45, 7) is 6.30. The highest BCUT2D eigenvalue weighted by Gasteiger charge is 2.25. The lowest BCUT2D eigenvalue weighted by atomic mass is 9.96. The van der Waals surface area contributed by atoms with E-state index in [4.69, 9.17) is 5.73 Å². The van der Waals surface area contributed by atoms with E-state index in [1.807, 2.05) is 16.3 Å². The largest absolute Gasteiger partial charge is 0.397 e. The lowest BCUT2D eigenvalue weighted by molar-refractivity contribution is 0.0679. The summed E-state index contributed by atoms with van der Waals surface area (Å²) in [5.74, 6) is 0.830. The first kappa shape index (κ1) is 16.3. The van der Waals surface area contributed by atoms with E-state index in [0.29, 0.717) is 10.6 Å². The first-order valence-electron chi connectivity index (χ1n) is 7.92. The second-order valence-electron chi connectivity index (χ2n) is 6.06. The van der Waals surface area contributed by atoms with Gasteiger partial charge in [-0.2, -0.15) is 0 Å². The van der Waals surface area contributed by atoms with Crippen LogP contribution in [0.3, 0.4) is 0 Å². The van der Waals surface area contributed by atoms with Crippen molar-refractivity contribution in [2.24, 2.45) is 5.92 Å². The number of piperidine rings is 1. The van der Waals surface area contributed by atoms with Crippen molar-refractivity contribution < 1.29 is 4.79 Å². The standard InChI is InChI=1S/C16H27N3OS/c1-3-4-8-18(2)12-13-5-9-19(10-6-13)16(20)15-14(17)7-11-21-15/h7,11,13H,3-6,8-10,12,17H2,1-2H3. The summed E-state index contributed by atoms with van der Waals surface area (Å²) in [5, 5.41) is 1.89. The topological polar surface area (TPSA) is 49.6 Å². The molecule has 0 aliphatic carbocycles. The third-order valence-electron chi connectivity index (χ3n) is 4.25. The SMILES string of the molecule is CCCCN(C)CC1CCN(C(=O)c2sccc2N)CC1. The lowest BCUT2D eigenvalue weighted by Gasteiger charge is -2.33. The van der Waals surface area contributed by atoms with Crippen LogP contribution in [0.5, 0.6) is 0 Å². The van der Waals surface area contributed by atoms with Gasteiger partial charge < -0.3 is 15.5 Å². The fraction of sp³-hybridized carbons (Fsp3) is 0.688. The van der Waals surface area contributed by atoms with Gasteiger partial charge in [0.25, 0.3) is 5.91 Å². The Labute approximate surface area is 131 Å². The van der Waals surface area contributed by atoms with Crippen LogP contribution in [0, 0.1) is 5.92 Å². The van der Waals surface area contributed by atoms with Gasteiger partial charge in [0.15, 0.2) is 0 Å². The molecule has 1 aliphatic heterocycles. The summed E-state index contributed by atoms with van der Waals surface area (Å²) < 4.78 is 0. The smallest absolute Gasteiger partial charge is 0.266 e. The van der Waals surface area contributed by atoms with E-state index in [-0.39, 0.29) is 5.91 Å². The van der Waals surface area contributed by atoms with Gasteiger partial charge in [-0.3, -0.25) is 4.79 Å². The van der Waals surface area contributed by atoms with Gasteiger partial charge in [0.1, 0.15) is 4.88 Å². The normalized spacial score (nSPS) is 16.6. The van der Waals surface area contributed by atoms with E-state index in [9.17, 15) is 4.79 Å². The predicted molar refractivity (Wildman–Crippen MR) is 89.8 cm³/mol. The zero-order valence-corrected chi connectivity index (χ0v) is 14.0. The molecule has 21 heavy (non-hydrogen) atoms. The van der Waals surface area contributed by atoms with E-state index in [2.05, 4.69) is 18.9 Å². The molecule has 2 rings (SSSR count). The highest BCUT2D eigenvalue weighted by atomic mass is 32.1. The van der Waals surface area contributed by atoms with Gasteiger partial charge in [-0.1, -0.05) is 13.3 Å². The fourth-order valence-electron chi connectivity index (χ4n) is 2.92. The molecule has 1 aromatic heterocycles. The van der Waals surface area contributed by atoms with Gasteiger partial charge in [-0.15, -0.1) is 11.3 Å². The summed E-state index contributed by atoms with van der Waals surface area (Å²) in [5.41, 5.74) is 6.46. The van der Waals surface area contributed by atoms with Crippen molar-refractivity contribution >= 4 is 22.9 Å². The quantitative estimate of drug-likeness (QED) is 0.879. The minimum absolute atomic E-state index is 0.111. The number of nitrogens with zero attached hydrogens (tertiary/aromatic N) is 2. The van der Waals surface area contributed by atoms with E-state index in [1.165, 1.54) is 30.7 Å². The van der Waals surface area contributed by atoms with Gasteiger partial charge in [0.2, 0.25) is 0 Å².